The van der Waals surface area contributed by atoms with Crippen molar-refractivity contribution in [2.24, 2.45) is 0 Å². The van der Waals surface area contributed by atoms with Crippen LogP contribution in [-0.2, 0) is 14.8 Å². The fourth-order valence-electron chi connectivity index (χ4n) is 1.48. The number of benzene rings is 1. The van der Waals surface area contributed by atoms with Crippen LogP contribution in [0.1, 0.15) is 22.8 Å². The highest BCUT2D eigenvalue weighted by molar-refractivity contribution is 7.90. The zero-order valence-electron chi connectivity index (χ0n) is 10.9. The van der Waals surface area contributed by atoms with Crippen LogP contribution in [0.25, 0.3) is 0 Å². The topological polar surface area (TPSA) is 72.5 Å². The lowest BCUT2D eigenvalue weighted by atomic mass is 10.1. The van der Waals surface area contributed by atoms with E-state index in [0.29, 0.717) is 5.56 Å². The highest BCUT2D eigenvalue weighted by atomic mass is 32.2. The van der Waals surface area contributed by atoms with Gasteiger partial charge in [0.15, 0.2) is 0 Å². The molecule has 5 nitrogen and oxygen atoms in total. The van der Waals surface area contributed by atoms with E-state index in [1.807, 2.05) is 4.72 Å². The summed E-state index contributed by atoms with van der Waals surface area (Å²) in [4.78, 5) is 11.8. The quantitative estimate of drug-likeness (QED) is 0.885. The molecule has 19 heavy (non-hydrogen) atoms. The maximum absolute atomic E-state index is 13.2. The zero-order valence-corrected chi connectivity index (χ0v) is 11.8. The van der Waals surface area contributed by atoms with E-state index in [1.165, 1.54) is 26.2 Å². The van der Waals surface area contributed by atoms with Gasteiger partial charge in [0.05, 0.1) is 6.61 Å². The molecule has 1 aromatic rings. The first-order chi connectivity index (χ1) is 8.76. The lowest BCUT2D eigenvalue weighted by molar-refractivity contribution is 0.0980. The second kappa shape index (κ2) is 6.12. The van der Waals surface area contributed by atoms with Crippen molar-refractivity contribution in [3.8, 4) is 0 Å². The third-order valence-electron chi connectivity index (χ3n) is 2.47. The summed E-state index contributed by atoms with van der Waals surface area (Å²) in [5, 5.41) is -0.879. The van der Waals surface area contributed by atoms with E-state index in [2.05, 4.69) is 0 Å². The average Bonchev–Trinajstić information content (AvgIpc) is 2.27. The van der Waals surface area contributed by atoms with Crippen molar-refractivity contribution < 1.29 is 22.3 Å². The Morgan fingerprint density at radius 2 is 2.05 bits per heavy atom. The number of hydrogen-bond donors (Lipinski definition) is 1. The first-order valence-electron chi connectivity index (χ1n) is 5.58. The lowest BCUT2D eigenvalue weighted by Gasteiger charge is -2.13. The van der Waals surface area contributed by atoms with Crippen molar-refractivity contribution in [3.05, 3.63) is 35.1 Å². The number of amides is 1. The standard InChI is InChI=1S/C12H16FNO4S/c1-8-4-10(6-11(13)5-8)12(15)14-19(16,17)9(2)7-18-3/h4-6,9H,7H2,1-3H3,(H,14,15). The predicted octanol–water partition coefficient (Wildman–Crippen LogP) is 1.23. The molecule has 0 aliphatic carbocycles. The van der Waals surface area contributed by atoms with Gasteiger partial charge in [0.2, 0.25) is 10.0 Å². The molecule has 0 heterocycles. The van der Waals surface area contributed by atoms with E-state index < -0.39 is 27.0 Å². The highest BCUT2D eigenvalue weighted by Crippen LogP contribution is 2.09. The number of hydrogen-bond acceptors (Lipinski definition) is 4. The Morgan fingerprint density at radius 3 is 2.58 bits per heavy atom. The van der Waals surface area contributed by atoms with Crippen LogP contribution in [0.15, 0.2) is 18.2 Å². The van der Waals surface area contributed by atoms with Crippen molar-refractivity contribution in [2.75, 3.05) is 13.7 Å². The van der Waals surface area contributed by atoms with Gasteiger partial charge in [0.25, 0.3) is 5.91 Å². The van der Waals surface area contributed by atoms with Crippen molar-refractivity contribution in [1.29, 1.82) is 0 Å². The average molecular weight is 289 g/mol. The molecular weight excluding hydrogens is 273 g/mol. The van der Waals surface area contributed by atoms with Crippen LogP contribution in [-0.4, -0.2) is 33.3 Å². The van der Waals surface area contributed by atoms with Crippen LogP contribution in [0.2, 0.25) is 0 Å². The summed E-state index contributed by atoms with van der Waals surface area (Å²) in [5.74, 6) is -1.45. The number of carbonyl (C=O) groups excluding carboxylic acids is 1. The van der Waals surface area contributed by atoms with E-state index in [1.54, 1.807) is 6.92 Å². The van der Waals surface area contributed by atoms with E-state index >= 15 is 0 Å². The normalized spacial score (nSPS) is 13.1. The molecule has 7 heteroatoms. The van der Waals surface area contributed by atoms with Crippen LogP contribution in [0.3, 0.4) is 0 Å². The SMILES string of the molecule is COCC(C)S(=O)(=O)NC(=O)c1cc(C)cc(F)c1. The molecule has 0 aliphatic rings. The highest BCUT2D eigenvalue weighted by Gasteiger charge is 2.23. The van der Waals surface area contributed by atoms with Crippen molar-refractivity contribution in [1.82, 2.24) is 4.72 Å². The molecule has 0 saturated carbocycles. The van der Waals surface area contributed by atoms with Crippen molar-refractivity contribution in [2.45, 2.75) is 19.1 Å². The first-order valence-corrected chi connectivity index (χ1v) is 7.13. The monoisotopic (exact) mass is 289 g/mol. The van der Waals surface area contributed by atoms with Crippen LogP contribution in [0, 0.1) is 12.7 Å². The molecule has 0 radical (unpaired) electrons. The Balaban J connectivity index is 2.90. The minimum atomic E-state index is -3.84. The Hall–Kier alpha value is -1.47. The minimum Gasteiger partial charge on any atom is -0.383 e. The molecule has 1 unspecified atom stereocenters. The summed E-state index contributed by atoms with van der Waals surface area (Å²) >= 11 is 0. The molecule has 0 fully saturated rings. The molecule has 1 atom stereocenters. The Bertz CT molecular complexity index is 551. The third-order valence-corrected chi connectivity index (χ3v) is 4.14. The molecular formula is C12H16FNO4S. The van der Waals surface area contributed by atoms with Crippen LogP contribution in [0.4, 0.5) is 4.39 Å². The molecule has 0 aromatic heterocycles. The molecule has 1 rings (SSSR count). The Labute approximate surface area is 111 Å². The maximum Gasteiger partial charge on any atom is 0.264 e. The van der Waals surface area contributed by atoms with Crippen molar-refractivity contribution in [3.63, 3.8) is 0 Å². The molecule has 0 aliphatic heterocycles. The van der Waals surface area contributed by atoms with E-state index in [-0.39, 0.29) is 12.2 Å². The van der Waals surface area contributed by atoms with Gasteiger partial charge in [-0.15, -0.1) is 0 Å². The summed E-state index contributed by atoms with van der Waals surface area (Å²) in [6.45, 7) is 2.99. The number of rotatable bonds is 5. The van der Waals surface area contributed by atoms with Crippen LogP contribution in [0.5, 0.6) is 0 Å². The molecule has 1 aromatic carbocycles. The number of nitrogens with one attached hydrogen (secondary N) is 1. The second-order valence-electron chi connectivity index (χ2n) is 4.26. The lowest BCUT2D eigenvalue weighted by Crippen LogP contribution is -2.39. The van der Waals surface area contributed by atoms with Gasteiger partial charge in [-0.2, -0.15) is 0 Å². The number of ether oxygens (including phenoxy) is 1. The van der Waals surface area contributed by atoms with Gasteiger partial charge in [0.1, 0.15) is 11.1 Å². The van der Waals surface area contributed by atoms with Gasteiger partial charge in [-0.25, -0.2) is 17.5 Å². The predicted molar refractivity (Wildman–Crippen MR) is 68.9 cm³/mol. The number of carbonyl (C=O) groups is 1. The van der Waals surface area contributed by atoms with Crippen molar-refractivity contribution >= 4 is 15.9 Å². The van der Waals surface area contributed by atoms with Gasteiger partial charge in [0, 0.05) is 12.7 Å². The number of sulfonamides is 1. The van der Waals surface area contributed by atoms with Gasteiger partial charge in [-0.3, -0.25) is 4.79 Å². The summed E-state index contributed by atoms with van der Waals surface area (Å²) in [6, 6.07) is 3.65. The molecule has 0 spiro atoms. The minimum absolute atomic E-state index is 0.0364. The molecule has 0 bridgehead atoms. The van der Waals surface area contributed by atoms with Gasteiger partial charge in [-0.05, 0) is 37.6 Å². The Morgan fingerprint density at radius 1 is 1.42 bits per heavy atom. The maximum atomic E-state index is 13.2. The molecule has 0 saturated heterocycles. The van der Waals surface area contributed by atoms with Crippen LogP contribution >= 0.6 is 0 Å². The zero-order chi connectivity index (χ0) is 14.6. The smallest absolute Gasteiger partial charge is 0.264 e. The molecule has 1 amide bonds. The number of aryl methyl sites for hydroxylation is 1. The van der Waals surface area contributed by atoms with Gasteiger partial charge in [-0.1, -0.05) is 0 Å². The fourth-order valence-corrected chi connectivity index (χ4v) is 2.37. The fraction of sp³-hybridized carbons (Fsp3) is 0.417. The van der Waals surface area contributed by atoms with E-state index in [4.69, 9.17) is 4.74 Å². The van der Waals surface area contributed by atoms with E-state index in [0.717, 1.165) is 6.07 Å². The number of halogens is 1. The molecule has 1 N–H and O–H groups in total. The first kappa shape index (κ1) is 15.6. The molecule has 106 valence electrons. The van der Waals surface area contributed by atoms with Crippen LogP contribution < -0.4 is 4.72 Å². The Kier molecular flexibility index (Phi) is 5.02. The second-order valence-corrected chi connectivity index (χ2v) is 6.36. The summed E-state index contributed by atoms with van der Waals surface area (Å²) in [7, 11) is -2.48. The summed E-state index contributed by atoms with van der Waals surface area (Å²) < 4.78 is 43.3. The van der Waals surface area contributed by atoms with Gasteiger partial charge < -0.3 is 4.74 Å². The summed E-state index contributed by atoms with van der Waals surface area (Å²) in [5.41, 5.74) is 0.498. The third kappa shape index (κ3) is 4.29. The van der Waals surface area contributed by atoms with E-state index in [9.17, 15) is 17.6 Å². The van der Waals surface area contributed by atoms with Gasteiger partial charge >= 0.3 is 0 Å². The largest absolute Gasteiger partial charge is 0.383 e. The summed E-state index contributed by atoms with van der Waals surface area (Å²) in [6.07, 6.45) is 0. The number of methoxy groups -OCH3 is 1.